The number of nitrogens with zero attached hydrogens (tertiary/aromatic N) is 1. The Morgan fingerprint density at radius 3 is 2.05 bits per heavy atom. The number of urea groups is 1. The molecule has 0 bridgehead atoms. The molecule has 2 fully saturated rings. The van der Waals surface area contributed by atoms with E-state index in [-0.39, 0.29) is 12.1 Å². The zero-order valence-corrected chi connectivity index (χ0v) is 11.2. The van der Waals surface area contributed by atoms with Crippen LogP contribution in [0.1, 0.15) is 44.9 Å². The molecule has 0 atom stereocenters. The van der Waals surface area contributed by atoms with E-state index in [1.165, 1.54) is 19.3 Å². The summed E-state index contributed by atoms with van der Waals surface area (Å²) in [7, 11) is 0. The van der Waals surface area contributed by atoms with Crippen molar-refractivity contribution in [3.8, 4) is 0 Å². The Bertz CT molecular complexity index is 321. The Hall–Kier alpha value is -1.46. The molecule has 19 heavy (non-hydrogen) atoms. The van der Waals surface area contributed by atoms with E-state index in [1.807, 2.05) is 0 Å². The molecule has 3 N–H and O–H groups in total. The van der Waals surface area contributed by atoms with E-state index in [4.69, 9.17) is 5.11 Å². The molecule has 0 aromatic rings. The predicted octanol–water partition coefficient (Wildman–Crippen LogP) is 1.76. The molecule has 0 radical (unpaired) electrons. The van der Waals surface area contributed by atoms with Crippen LogP contribution in [0.15, 0.2) is 0 Å². The number of hydrogen-bond donors (Lipinski definition) is 3. The van der Waals surface area contributed by atoms with Crippen LogP contribution in [0.5, 0.6) is 0 Å². The number of carbonyl (C=O) groups is 2. The van der Waals surface area contributed by atoms with Gasteiger partial charge in [0.2, 0.25) is 0 Å². The molecule has 2 aliphatic rings. The maximum Gasteiger partial charge on any atom is 0.404 e. The van der Waals surface area contributed by atoms with Crippen LogP contribution in [0, 0.1) is 0 Å². The van der Waals surface area contributed by atoms with Gasteiger partial charge in [-0.1, -0.05) is 19.3 Å². The Labute approximate surface area is 113 Å². The molecular weight excluding hydrogens is 246 g/mol. The van der Waals surface area contributed by atoms with E-state index in [0.29, 0.717) is 32.0 Å². The minimum atomic E-state index is -0.981. The van der Waals surface area contributed by atoms with Crippen molar-refractivity contribution in [1.29, 1.82) is 0 Å². The lowest BCUT2D eigenvalue weighted by Crippen LogP contribution is -2.51. The van der Waals surface area contributed by atoms with Gasteiger partial charge in [-0.05, 0) is 25.7 Å². The molecule has 0 aromatic heterocycles. The number of rotatable bonds is 2. The fraction of sp³-hybridized carbons (Fsp3) is 0.846. The van der Waals surface area contributed by atoms with Crippen molar-refractivity contribution >= 4 is 12.1 Å². The number of likely N-dealkylation sites (tertiary alicyclic amines) is 1. The van der Waals surface area contributed by atoms with Crippen molar-refractivity contribution in [3.63, 3.8) is 0 Å². The smallest absolute Gasteiger partial charge is 0.404 e. The highest BCUT2D eigenvalue weighted by molar-refractivity contribution is 5.74. The molecular formula is C13H23N3O3. The van der Waals surface area contributed by atoms with Gasteiger partial charge in [-0.2, -0.15) is 0 Å². The normalized spacial score (nSPS) is 22.0. The van der Waals surface area contributed by atoms with E-state index in [0.717, 1.165) is 12.8 Å². The standard InChI is InChI=1S/C13H23N3O3/c17-12(14-10-4-2-1-3-5-10)16-8-6-11(7-9-16)15-13(18)19/h10-11,15H,1-9H2,(H,14,17)(H,18,19). The average molecular weight is 269 g/mol. The fourth-order valence-electron chi connectivity index (χ4n) is 2.91. The lowest BCUT2D eigenvalue weighted by Gasteiger charge is -2.33. The first kappa shape index (κ1) is 14.0. The first-order chi connectivity index (χ1) is 9.15. The highest BCUT2D eigenvalue weighted by atomic mass is 16.4. The number of nitrogens with one attached hydrogen (secondary N) is 2. The third kappa shape index (κ3) is 4.29. The maximum absolute atomic E-state index is 12.1. The third-order valence-corrected chi connectivity index (χ3v) is 4.04. The van der Waals surface area contributed by atoms with Crippen LogP contribution in [0.3, 0.4) is 0 Å². The highest BCUT2D eigenvalue weighted by Gasteiger charge is 2.25. The predicted molar refractivity (Wildman–Crippen MR) is 71.2 cm³/mol. The van der Waals surface area contributed by atoms with E-state index in [1.54, 1.807) is 4.90 Å². The Kier molecular flexibility index (Phi) is 4.87. The summed E-state index contributed by atoms with van der Waals surface area (Å²) in [6.45, 7) is 1.26. The van der Waals surface area contributed by atoms with E-state index in [9.17, 15) is 9.59 Å². The summed E-state index contributed by atoms with van der Waals surface area (Å²) >= 11 is 0. The van der Waals surface area contributed by atoms with Gasteiger partial charge in [-0.3, -0.25) is 0 Å². The van der Waals surface area contributed by atoms with Gasteiger partial charge in [0.05, 0.1) is 0 Å². The summed E-state index contributed by atoms with van der Waals surface area (Å²) in [4.78, 5) is 24.4. The van der Waals surface area contributed by atoms with Gasteiger partial charge in [-0.15, -0.1) is 0 Å². The fourth-order valence-corrected chi connectivity index (χ4v) is 2.91. The quantitative estimate of drug-likeness (QED) is 0.714. The van der Waals surface area contributed by atoms with Crippen LogP contribution in [0.25, 0.3) is 0 Å². The lowest BCUT2D eigenvalue weighted by atomic mass is 9.95. The number of amides is 3. The average Bonchev–Trinajstić information content (AvgIpc) is 2.40. The van der Waals surface area contributed by atoms with Crippen molar-refractivity contribution in [3.05, 3.63) is 0 Å². The first-order valence-corrected chi connectivity index (χ1v) is 7.20. The Balaban J connectivity index is 1.71. The van der Waals surface area contributed by atoms with Gasteiger partial charge in [0, 0.05) is 25.2 Å². The van der Waals surface area contributed by atoms with E-state index < -0.39 is 6.09 Å². The molecule has 0 unspecified atom stereocenters. The van der Waals surface area contributed by atoms with Gasteiger partial charge in [0.1, 0.15) is 0 Å². The minimum absolute atomic E-state index is 0.0145. The van der Waals surface area contributed by atoms with Crippen molar-refractivity contribution in [2.45, 2.75) is 57.0 Å². The molecule has 0 aromatic carbocycles. The SMILES string of the molecule is O=C(O)NC1CCN(C(=O)NC2CCCCC2)CC1. The van der Waals surface area contributed by atoms with Crippen molar-refractivity contribution in [2.75, 3.05) is 13.1 Å². The molecule has 1 aliphatic carbocycles. The largest absolute Gasteiger partial charge is 0.465 e. The van der Waals surface area contributed by atoms with Crippen LogP contribution < -0.4 is 10.6 Å². The zero-order chi connectivity index (χ0) is 13.7. The molecule has 1 saturated heterocycles. The second-order valence-corrected chi connectivity index (χ2v) is 5.50. The topological polar surface area (TPSA) is 81.7 Å². The summed E-state index contributed by atoms with van der Waals surface area (Å²) in [5, 5.41) is 14.2. The van der Waals surface area contributed by atoms with Crippen molar-refractivity contribution in [1.82, 2.24) is 15.5 Å². The third-order valence-electron chi connectivity index (χ3n) is 4.04. The summed E-state index contributed by atoms with van der Waals surface area (Å²) in [6.07, 6.45) is 6.27. The first-order valence-electron chi connectivity index (χ1n) is 7.20. The zero-order valence-electron chi connectivity index (χ0n) is 11.2. The van der Waals surface area contributed by atoms with Crippen LogP contribution in [0.2, 0.25) is 0 Å². The second kappa shape index (κ2) is 6.63. The molecule has 3 amide bonds. The number of hydrogen-bond acceptors (Lipinski definition) is 2. The number of piperidine rings is 1. The molecule has 6 heteroatoms. The van der Waals surface area contributed by atoms with Crippen molar-refractivity contribution in [2.24, 2.45) is 0 Å². The summed E-state index contributed by atoms with van der Waals surface area (Å²) < 4.78 is 0. The van der Waals surface area contributed by atoms with E-state index >= 15 is 0 Å². The lowest BCUT2D eigenvalue weighted by molar-refractivity contribution is 0.162. The van der Waals surface area contributed by atoms with Crippen LogP contribution in [-0.2, 0) is 0 Å². The monoisotopic (exact) mass is 269 g/mol. The molecule has 108 valence electrons. The molecule has 2 rings (SSSR count). The van der Waals surface area contributed by atoms with Gasteiger partial charge < -0.3 is 20.6 Å². The molecule has 0 spiro atoms. The van der Waals surface area contributed by atoms with Gasteiger partial charge in [-0.25, -0.2) is 9.59 Å². The molecule has 6 nitrogen and oxygen atoms in total. The molecule has 1 heterocycles. The molecule has 1 saturated carbocycles. The highest BCUT2D eigenvalue weighted by Crippen LogP contribution is 2.18. The van der Waals surface area contributed by atoms with Crippen LogP contribution in [-0.4, -0.2) is 47.3 Å². The Morgan fingerprint density at radius 2 is 1.47 bits per heavy atom. The second-order valence-electron chi connectivity index (χ2n) is 5.50. The van der Waals surface area contributed by atoms with Gasteiger partial charge >= 0.3 is 12.1 Å². The van der Waals surface area contributed by atoms with Gasteiger partial charge in [0.25, 0.3) is 0 Å². The summed E-state index contributed by atoms with van der Waals surface area (Å²) in [5.74, 6) is 0. The number of carbonyl (C=O) groups excluding carboxylic acids is 1. The summed E-state index contributed by atoms with van der Waals surface area (Å²) in [5.41, 5.74) is 0. The Morgan fingerprint density at radius 1 is 0.895 bits per heavy atom. The van der Waals surface area contributed by atoms with Crippen LogP contribution in [0.4, 0.5) is 9.59 Å². The van der Waals surface area contributed by atoms with Crippen LogP contribution >= 0.6 is 0 Å². The molecule has 1 aliphatic heterocycles. The number of carboxylic acid groups (broad SMARTS) is 1. The summed E-state index contributed by atoms with van der Waals surface area (Å²) in [6, 6.07) is 0.327. The maximum atomic E-state index is 12.1. The van der Waals surface area contributed by atoms with Gasteiger partial charge in [0.15, 0.2) is 0 Å². The van der Waals surface area contributed by atoms with E-state index in [2.05, 4.69) is 10.6 Å². The van der Waals surface area contributed by atoms with Crippen molar-refractivity contribution < 1.29 is 14.7 Å². The minimum Gasteiger partial charge on any atom is -0.465 e.